The molecule has 0 heterocycles. The van der Waals surface area contributed by atoms with Crippen molar-refractivity contribution in [3.05, 3.63) is 98.5 Å². The molecule has 31 heavy (non-hydrogen) atoms. The lowest BCUT2D eigenvalue weighted by atomic mass is 9.87. The van der Waals surface area contributed by atoms with E-state index in [-0.39, 0.29) is 0 Å². The average Bonchev–Trinajstić information content (AvgIpc) is 2.93. The number of halogens is 2. The van der Waals surface area contributed by atoms with E-state index < -0.39 is 6.09 Å². The fourth-order valence-corrected chi connectivity index (χ4v) is 4.61. The van der Waals surface area contributed by atoms with Gasteiger partial charge >= 0.3 is 6.09 Å². The Bertz CT molecular complexity index is 1170. The lowest BCUT2D eigenvalue weighted by Crippen LogP contribution is -2.11. The standard InChI is InChI=1S/C26H23Cl2NO2/c1-16-6-8-17(9-7-16)25-21-13-11-20(29-26(30)31-2)14-18(21)4-3-5-23(25)22-12-10-19(27)15-24(22)28/h6-15H,3-5H2,1-2H3,(H,29,30). The van der Waals surface area contributed by atoms with E-state index in [2.05, 4.69) is 42.6 Å². The van der Waals surface area contributed by atoms with Crippen molar-refractivity contribution in [1.82, 2.24) is 0 Å². The number of hydrogen-bond acceptors (Lipinski definition) is 2. The van der Waals surface area contributed by atoms with Crippen LogP contribution in [0.25, 0.3) is 11.1 Å². The molecule has 0 bridgehead atoms. The van der Waals surface area contributed by atoms with Gasteiger partial charge in [0.25, 0.3) is 0 Å². The van der Waals surface area contributed by atoms with Gasteiger partial charge in [-0.25, -0.2) is 4.79 Å². The van der Waals surface area contributed by atoms with Gasteiger partial charge < -0.3 is 4.74 Å². The fourth-order valence-electron chi connectivity index (χ4n) is 4.09. The summed E-state index contributed by atoms with van der Waals surface area (Å²) >= 11 is 12.8. The summed E-state index contributed by atoms with van der Waals surface area (Å²) in [6.07, 6.45) is 2.28. The van der Waals surface area contributed by atoms with Gasteiger partial charge in [-0.1, -0.05) is 65.2 Å². The van der Waals surface area contributed by atoms with Gasteiger partial charge in [0.1, 0.15) is 0 Å². The molecule has 1 amide bonds. The molecule has 3 aromatic carbocycles. The molecule has 0 saturated heterocycles. The number of carbonyl (C=O) groups excluding carboxylic acids is 1. The Morgan fingerprint density at radius 2 is 1.68 bits per heavy atom. The molecule has 0 saturated carbocycles. The summed E-state index contributed by atoms with van der Waals surface area (Å²) in [4.78, 5) is 11.7. The second-order valence-corrected chi connectivity index (χ2v) is 8.53. The SMILES string of the molecule is COC(=O)Nc1ccc2c(c1)CCCC(c1ccc(Cl)cc1Cl)=C2c1ccc(C)cc1. The second kappa shape index (κ2) is 9.17. The third-order valence-corrected chi connectivity index (χ3v) is 6.13. The van der Waals surface area contributed by atoms with Gasteiger partial charge in [-0.05, 0) is 83.9 Å². The van der Waals surface area contributed by atoms with Crippen molar-refractivity contribution in [3.63, 3.8) is 0 Å². The van der Waals surface area contributed by atoms with Crippen LogP contribution in [-0.4, -0.2) is 13.2 Å². The van der Waals surface area contributed by atoms with Crippen LogP contribution in [0.3, 0.4) is 0 Å². The minimum atomic E-state index is -0.475. The van der Waals surface area contributed by atoms with Crippen molar-refractivity contribution < 1.29 is 9.53 Å². The van der Waals surface area contributed by atoms with E-state index in [1.54, 1.807) is 6.07 Å². The predicted octanol–water partition coefficient (Wildman–Crippen LogP) is 7.78. The maximum Gasteiger partial charge on any atom is 0.411 e. The third-order valence-electron chi connectivity index (χ3n) is 5.58. The van der Waals surface area contributed by atoms with Crippen LogP contribution in [0, 0.1) is 6.92 Å². The molecule has 5 heteroatoms. The molecule has 0 fully saturated rings. The Hall–Kier alpha value is -2.75. The summed E-state index contributed by atoms with van der Waals surface area (Å²) < 4.78 is 4.74. The van der Waals surface area contributed by atoms with E-state index in [0.29, 0.717) is 10.0 Å². The molecular weight excluding hydrogens is 429 g/mol. The quantitative estimate of drug-likeness (QED) is 0.441. The molecular formula is C26H23Cl2NO2. The predicted molar refractivity (Wildman–Crippen MR) is 129 cm³/mol. The number of fused-ring (bicyclic) bond motifs is 1. The fraction of sp³-hybridized carbons (Fsp3) is 0.192. The van der Waals surface area contributed by atoms with Crippen LogP contribution < -0.4 is 5.32 Å². The van der Waals surface area contributed by atoms with E-state index in [4.69, 9.17) is 27.9 Å². The Labute approximate surface area is 192 Å². The molecule has 0 aliphatic heterocycles. The summed E-state index contributed by atoms with van der Waals surface area (Å²) in [6.45, 7) is 2.08. The number of nitrogens with one attached hydrogen (secondary N) is 1. The van der Waals surface area contributed by atoms with Gasteiger partial charge in [-0.3, -0.25) is 5.32 Å². The van der Waals surface area contributed by atoms with Crippen LogP contribution >= 0.6 is 23.2 Å². The summed E-state index contributed by atoms with van der Waals surface area (Å²) in [6, 6.07) is 20.3. The molecule has 1 aliphatic carbocycles. The number of ether oxygens (including phenoxy) is 1. The van der Waals surface area contributed by atoms with Gasteiger partial charge in [0, 0.05) is 15.7 Å². The number of methoxy groups -OCH3 is 1. The minimum Gasteiger partial charge on any atom is -0.453 e. The molecule has 0 aromatic heterocycles. The highest BCUT2D eigenvalue weighted by Crippen LogP contribution is 2.42. The van der Waals surface area contributed by atoms with E-state index in [1.165, 1.54) is 29.4 Å². The third kappa shape index (κ3) is 4.63. The normalized spacial score (nSPS) is 13.4. The second-order valence-electron chi connectivity index (χ2n) is 7.69. The van der Waals surface area contributed by atoms with Gasteiger partial charge in [-0.15, -0.1) is 0 Å². The molecule has 3 aromatic rings. The highest BCUT2D eigenvalue weighted by atomic mass is 35.5. The van der Waals surface area contributed by atoms with Crippen LogP contribution in [0.1, 0.15) is 40.7 Å². The molecule has 3 nitrogen and oxygen atoms in total. The van der Waals surface area contributed by atoms with Crippen LogP contribution in [0.15, 0.2) is 60.7 Å². The first-order valence-electron chi connectivity index (χ1n) is 10.2. The van der Waals surface area contributed by atoms with Crippen LogP contribution in [0.4, 0.5) is 10.5 Å². The zero-order valence-corrected chi connectivity index (χ0v) is 19.0. The lowest BCUT2D eigenvalue weighted by molar-refractivity contribution is 0.187. The van der Waals surface area contributed by atoms with Crippen LogP contribution in [0.2, 0.25) is 10.0 Å². The van der Waals surface area contributed by atoms with Gasteiger partial charge in [-0.2, -0.15) is 0 Å². The van der Waals surface area contributed by atoms with E-state index in [0.717, 1.165) is 41.6 Å². The van der Waals surface area contributed by atoms with Crippen molar-refractivity contribution in [1.29, 1.82) is 0 Å². The van der Waals surface area contributed by atoms with Crippen molar-refractivity contribution >= 4 is 46.1 Å². The van der Waals surface area contributed by atoms with Gasteiger partial charge in [0.05, 0.1) is 7.11 Å². The zero-order chi connectivity index (χ0) is 22.0. The summed E-state index contributed by atoms with van der Waals surface area (Å²) in [5.41, 5.74) is 8.79. The Morgan fingerprint density at radius 1 is 0.935 bits per heavy atom. The Morgan fingerprint density at radius 3 is 2.39 bits per heavy atom. The minimum absolute atomic E-state index is 0.475. The molecule has 0 atom stereocenters. The molecule has 158 valence electrons. The highest BCUT2D eigenvalue weighted by molar-refractivity contribution is 6.36. The number of aryl methyl sites for hydroxylation is 2. The summed E-state index contributed by atoms with van der Waals surface area (Å²) in [5, 5.41) is 4.05. The summed E-state index contributed by atoms with van der Waals surface area (Å²) in [7, 11) is 1.36. The summed E-state index contributed by atoms with van der Waals surface area (Å²) in [5.74, 6) is 0. The number of allylic oxidation sites excluding steroid dienone is 1. The smallest absolute Gasteiger partial charge is 0.411 e. The number of amides is 1. The number of rotatable bonds is 3. The highest BCUT2D eigenvalue weighted by Gasteiger charge is 2.22. The lowest BCUT2D eigenvalue weighted by Gasteiger charge is -2.18. The first-order valence-corrected chi connectivity index (χ1v) is 11.0. The maximum atomic E-state index is 11.7. The van der Waals surface area contributed by atoms with Crippen molar-refractivity contribution in [3.8, 4) is 0 Å². The van der Waals surface area contributed by atoms with Gasteiger partial charge in [0.15, 0.2) is 0 Å². The molecule has 4 rings (SSSR count). The number of benzene rings is 3. The Balaban J connectivity index is 1.93. The topological polar surface area (TPSA) is 38.3 Å². The maximum absolute atomic E-state index is 11.7. The monoisotopic (exact) mass is 451 g/mol. The Kier molecular flexibility index (Phi) is 6.35. The first-order chi connectivity index (χ1) is 15.0. The van der Waals surface area contributed by atoms with Crippen LogP contribution in [0.5, 0.6) is 0 Å². The molecule has 0 spiro atoms. The van der Waals surface area contributed by atoms with Gasteiger partial charge in [0.2, 0.25) is 0 Å². The van der Waals surface area contributed by atoms with Crippen LogP contribution in [-0.2, 0) is 11.2 Å². The largest absolute Gasteiger partial charge is 0.453 e. The number of hydrogen-bond donors (Lipinski definition) is 1. The van der Waals surface area contributed by atoms with Crippen molar-refractivity contribution in [2.24, 2.45) is 0 Å². The number of carbonyl (C=O) groups is 1. The van der Waals surface area contributed by atoms with E-state index in [1.807, 2.05) is 24.3 Å². The number of anilines is 1. The zero-order valence-electron chi connectivity index (χ0n) is 17.5. The average molecular weight is 452 g/mol. The van der Waals surface area contributed by atoms with Crippen molar-refractivity contribution in [2.75, 3.05) is 12.4 Å². The molecule has 0 radical (unpaired) electrons. The molecule has 1 aliphatic rings. The molecule has 0 unspecified atom stereocenters. The van der Waals surface area contributed by atoms with E-state index in [9.17, 15) is 4.79 Å². The van der Waals surface area contributed by atoms with E-state index >= 15 is 0 Å². The first kappa shape index (κ1) is 21.5. The molecule has 1 N–H and O–H groups in total. The van der Waals surface area contributed by atoms with Crippen molar-refractivity contribution in [2.45, 2.75) is 26.2 Å².